The number of hydrogen-bond donors (Lipinski definition) is 2. The summed E-state index contributed by atoms with van der Waals surface area (Å²) >= 11 is 2.78. The van der Waals surface area contributed by atoms with E-state index >= 15 is 0 Å². The summed E-state index contributed by atoms with van der Waals surface area (Å²) in [6.45, 7) is 3.58. The van der Waals surface area contributed by atoms with Crippen molar-refractivity contribution in [2.24, 2.45) is 0 Å². The molecule has 9 nitrogen and oxygen atoms in total. The van der Waals surface area contributed by atoms with E-state index in [2.05, 4.69) is 10.3 Å². The molecule has 2 aromatic carbocycles. The Kier molecular flexibility index (Phi) is 7.80. The summed E-state index contributed by atoms with van der Waals surface area (Å²) in [7, 11) is 3.89. The van der Waals surface area contributed by atoms with Crippen LogP contribution < -0.4 is 16.0 Å². The summed E-state index contributed by atoms with van der Waals surface area (Å²) < 4.78 is 0.854. The molecule has 1 aliphatic heterocycles. The van der Waals surface area contributed by atoms with Crippen molar-refractivity contribution in [3.8, 4) is 0 Å². The van der Waals surface area contributed by atoms with Crippen LogP contribution in [0.15, 0.2) is 57.8 Å². The van der Waals surface area contributed by atoms with Crippen LogP contribution in [0.1, 0.15) is 27.6 Å². The lowest BCUT2D eigenvalue weighted by Gasteiger charge is -2.34. The van der Waals surface area contributed by atoms with E-state index in [1.807, 2.05) is 37.2 Å². The molecular formula is C25H28N6O3S2. The fourth-order valence-electron chi connectivity index (χ4n) is 3.77. The van der Waals surface area contributed by atoms with E-state index < -0.39 is 0 Å². The van der Waals surface area contributed by atoms with Gasteiger partial charge in [-0.05, 0) is 42.5 Å². The normalized spacial score (nSPS) is 13.4. The van der Waals surface area contributed by atoms with Crippen LogP contribution in [0.25, 0.3) is 0 Å². The second-order valence-corrected chi connectivity index (χ2v) is 11.0. The maximum Gasteiger partial charge on any atom is 0.257 e. The number of anilines is 3. The standard InChI is InChI=1S/C25H28N6O3S2/c1-16(32)30-8-10-31(11-9-30)24(34)18-12-19(26)14-21(13-18)35-22-15-27-25(36-22)28-23(33)17-4-6-20(7-5-17)29(2)3/h4-7,12-15H,8-11,26H2,1-3H3,(H,27,28,33). The van der Waals surface area contributed by atoms with E-state index in [0.717, 1.165) is 14.8 Å². The molecule has 188 valence electrons. The maximum absolute atomic E-state index is 13.0. The lowest BCUT2D eigenvalue weighted by Crippen LogP contribution is -2.50. The van der Waals surface area contributed by atoms with Gasteiger partial charge in [0.15, 0.2) is 5.13 Å². The Bertz CT molecular complexity index is 1270. The lowest BCUT2D eigenvalue weighted by molar-refractivity contribution is -0.130. The summed E-state index contributed by atoms with van der Waals surface area (Å²) in [6, 6.07) is 12.6. The minimum Gasteiger partial charge on any atom is -0.399 e. The van der Waals surface area contributed by atoms with Gasteiger partial charge in [-0.25, -0.2) is 4.98 Å². The molecule has 0 saturated carbocycles. The molecular weight excluding hydrogens is 496 g/mol. The molecule has 3 N–H and O–H groups in total. The van der Waals surface area contributed by atoms with E-state index in [1.165, 1.54) is 30.0 Å². The van der Waals surface area contributed by atoms with Crippen LogP contribution in [-0.2, 0) is 4.79 Å². The first-order valence-corrected chi connectivity index (χ1v) is 13.0. The van der Waals surface area contributed by atoms with E-state index in [0.29, 0.717) is 48.1 Å². The third-order valence-electron chi connectivity index (χ3n) is 5.76. The van der Waals surface area contributed by atoms with Gasteiger partial charge in [0.25, 0.3) is 11.8 Å². The van der Waals surface area contributed by atoms with Gasteiger partial charge in [0.1, 0.15) is 0 Å². The second kappa shape index (κ2) is 11.0. The Morgan fingerprint density at radius 2 is 1.67 bits per heavy atom. The number of thiazole rings is 1. The number of nitrogen functional groups attached to an aromatic ring is 1. The van der Waals surface area contributed by atoms with Crippen LogP contribution in [0.3, 0.4) is 0 Å². The highest BCUT2D eigenvalue weighted by atomic mass is 32.2. The first-order chi connectivity index (χ1) is 17.2. The molecule has 0 unspecified atom stereocenters. The number of benzene rings is 2. The van der Waals surface area contributed by atoms with Crippen molar-refractivity contribution in [2.45, 2.75) is 16.0 Å². The van der Waals surface area contributed by atoms with Gasteiger partial charge in [0.2, 0.25) is 5.91 Å². The largest absolute Gasteiger partial charge is 0.399 e. The molecule has 1 aliphatic rings. The number of rotatable bonds is 6. The highest BCUT2D eigenvalue weighted by molar-refractivity contribution is 8.01. The van der Waals surface area contributed by atoms with Crippen molar-refractivity contribution in [1.29, 1.82) is 0 Å². The molecule has 0 atom stereocenters. The summed E-state index contributed by atoms with van der Waals surface area (Å²) in [5.74, 6) is -0.315. The number of aromatic nitrogens is 1. The van der Waals surface area contributed by atoms with Gasteiger partial charge in [0.05, 0.1) is 10.4 Å². The van der Waals surface area contributed by atoms with Gasteiger partial charge in [-0.1, -0.05) is 23.1 Å². The summed E-state index contributed by atoms with van der Waals surface area (Å²) in [5, 5.41) is 3.33. The molecule has 2 heterocycles. The fourth-order valence-corrected chi connectivity index (χ4v) is 5.73. The Labute approximate surface area is 218 Å². The van der Waals surface area contributed by atoms with Gasteiger partial charge in [-0.2, -0.15) is 0 Å². The van der Waals surface area contributed by atoms with Crippen LogP contribution in [0.2, 0.25) is 0 Å². The molecule has 1 aromatic heterocycles. The van der Waals surface area contributed by atoms with E-state index in [-0.39, 0.29) is 17.7 Å². The number of nitrogens with two attached hydrogens (primary N) is 1. The highest BCUT2D eigenvalue weighted by Gasteiger charge is 2.24. The topological polar surface area (TPSA) is 112 Å². The van der Waals surface area contributed by atoms with E-state index in [4.69, 9.17) is 5.73 Å². The van der Waals surface area contributed by atoms with Crippen LogP contribution in [0.5, 0.6) is 0 Å². The Morgan fingerprint density at radius 1 is 1.00 bits per heavy atom. The van der Waals surface area contributed by atoms with Crippen LogP contribution >= 0.6 is 23.1 Å². The zero-order valence-corrected chi connectivity index (χ0v) is 22.0. The molecule has 0 spiro atoms. The molecule has 1 fully saturated rings. The number of amides is 3. The van der Waals surface area contributed by atoms with Crippen LogP contribution in [0, 0.1) is 0 Å². The SMILES string of the molecule is CC(=O)N1CCN(C(=O)c2cc(N)cc(Sc3cnc(NC(=O)c4ccc(N(C)C)cc4)s3)c2)CC1. The van der Waals surface area contributed by atoms with Gasteiger partial charge in [0, 0.05) is 74.6 Å². The molecule has 36 heavy (non-hydrogen) atoms. The molecule has 11 heteroatoms. The quantitative estimate of drug-likeness (QED) is 0.475. The monoisotopic (exact) mass is 524 g/mol. The number of nitrogens with zero attached hydrogens (tertiary/aromatic N) is 4. The first-order valence-electron chi connectivity index (χ1n) is 11.4. The molecule has 0 bridgehead atoms. The van der Waals surface area contributed by atoms with E-state index in [9.17, 15) is 14.4 Å². The van der Waals surface area contributed by atoms with E-state index in [1.54, 1.807) is 40.3 Å². The van der Waals surface area contributed by atoms with Gasteiger partial charge >= 0.3 is 0 Å². The minimum atomic E-state index is -0.229. The molecule has 3 aromatic rings. The molecule has 4 rings (SSSR count). The number of carbonyl (C=O) groups is 3. The van der Waals surface area contributed by atoms with Gasteiger partial charge in [-0.3, -0.25) is 19.7 Å². The van der Waals surface area contributed by atoms with Crippen molar-refractivity contribution in [2.75, 3.05) is 56.2 Å². The third kappa shape index (κ3) is 6.16. The maximum atomic E-state index is 13.0. The van der Waals surface area contributed by atoms with Crippen molar-refractivity contribution in [3.05, 3.63) is 59.8 Å². The highest BCUT2D eigenvalue weighted by Crippen LogP contribution is 2.35. The molecule has 3 amide bonds. The lowest BCUT2D eigenvalue weighted by atomic mass is 10.1. The number of nitrogens with one attached hydrogen (secondary N) is 1. The average Bonchev–Trinajstić information content (AvgIpc) is 3.29. The number of piperazine rings is 1. The molecule has 0 aliphatic carbocycles. The molecule has 0 radical (unpaired) electrons. The zero-order chi connectivity index (χ0) is 25.8. The number of carbonyl (C=O) groups excluding carboxylic acids is 3. The van der Waals surface area contributed by atoms with Crippen LogP contribution in [0.4, 0.5) is 16.5 Å². The summed E-state index contributed by atoms with van der Waals surface area (Å²) in [6.07, 6.45) is 1.69. The zero-order valence-electron chi connectivity index (χ0n) is 20.4. The Balaban J connectivity index is 1.40. The summed E-state index contributed by atoms with van der Waals surface area (Å²) in [5.41, 5.74) is 8.66. The first kappa shape index (κ1) is 25.5. The predicted molar refractivity (Wildman–Crippen MR) is 144 cm³/mol. The summed E-state index contributed by atoms with van der Waals surface area (Å²) in [4.78, 5) is 47.8. The predicted octanol–water partition coefficient (Wildman–Crippen LogP) is 3.50. The average molecular weight is 525 g/mol. The van der Waals surface area contributed by atoms with Crippen molar-refractivity contribution in [3.63, 3.8) is 0 Å². The minimum absolute atomic E-state index is 0.0205. The Hall–Kier alpha value is -3.57. The van der Waals surface area contributed by atoms with Gasteiger partial charge < -0.3 is 20.4 Å². The van der Waals surface area contributed by atoms with Crippen molar-refractivity contribution >= 4 is 57.3 Å². The van der Waals surface area contributed by atoms with Crippen LogP contribution in [-0.4, -0.2) is 72.8 Å². The molecule has 1 saturated heterocycles. The third-order valence-corrected chi connectivity index (χ3v) is 7.74. The van der Waals surface area contributed by atoms with Gasteiger partial charge in [-0.15, -0.1) is 0 Å². The van der Waals surface area contributed by atoms with Crippen molar-refractivity contribution in [1.82, 2.24) is 14.8 Å². The fraction of sp³-hybridized carbons (Fsp3) is 0.280. The Morgan fingerprint density at radius 3 is 2.31 bits per heavy atom. The smallest absolute Gasteiger partial charge is 0.257 e. The van der Waals surface area contributed by atoms with Crippen molar-refractivity contribution < 1.29 is 14.4 Å². The number of hydrogen-bond acceptors (Lipinski definition) is 8. The second-order valence-electron chi connectivity index (χ2n) is 8.57.